The molecule has 108 valence electrons. The van der Waals surface area contributed by atoms with Crippen molar-refractivity contribution in [3.8, 4) is 0 Å². The van der Waals surface area contributed by atoms with Gasteiger partial charge in [-0.1, -0.05) is 6.92 Å². The summed E-state index contributed by atoms with van der Waals surface area (Å²) in [5.41, 5.74) is 1.59. The number of hydrogen-bond donors (Lipinski definition) is 1. The molecule has 3 rings (SSSR count). The van der Waals surface area contributed by atoms with Gasteiger partial charge in [-0.05, 0) is 81.8 Å². The molecule has 2 heterocycles. The van der Waals surface area contributed by atoms with Crippen LogP contribution in [-0.2, 0) is 12.8 Å². The average molecular weight is 435 g/mol. The van der Waals surface area contributed by atoms with Crippen LogP contribution in [0.2, 0.25) is 0 Å². The van der Waals surface area contributed by atoms with Crippen molar-refractivity contribution < 1.29 is 0 Å². The summed E-state index contributed by atoms with van der Waals surface area (Å²) in [5, 5.41) is 3.64. The number of rotatable bonds is 4. The molecule has 1 aliphatic carbocycles. The van der Waals surface area contributed by atoms with Gasteiger partial charge in [0.2, 0.25) is 0 Å². The molecule has 0 bridgehead atoms. The fourth-order valence-corrected chi connectivity index (χ4v) is 6.32. The maximum atomic E-state index is 3.64. The highest BCUT2D eigenvalue weighted by Crippen LogP contribution is 2.41. The Hall–Kier alpha value is 0.320. The van der Waals surface area contributed by atoms with Crippen LogP contribution in [-0.4, -0.2) is 6.54 Å². The van der Waals surface area contributed by atoms with Crippen LogP contribution in [0.15, 0.2) is 20.4 Å². The van der Waals surface area contributed by atoms with E-state index in [9.17, 15) is 0 Å². The molecule has 0 aromatic carbocycles. The minimum atomic E-state index is 0.336. The Bertz CT molecular complexity index is 560. The van der Waals surface area contributed by atoms with Gasteiger partial charge in [-0.3, -0.25) is 0 Å². The van der Waals surface area contributed by atoms with E-state index in [1.165, 1.54) is 39.2 Å². The van der Waals surface area contributed by atoms with E-state index in [0.29, 0.717) is 6.04 Å². The Balaban J connectivity index is 1.95. The van der Waals surface area contributed by atoms with Crippen LogP contribution in [0.3, 0.4) is 0 Å². The third kappa shape index (κ3) is 3.07. The first-order valence-corrected chi connectivity index (χ1v) is 10.2. The number of thiophene rings is 2. The van der Waals surface area contributed by atoms with Gasteiger partial charge in [0.1, 0.15) is 0 Å². The summed E-state index contributed by atoms with van der Waals surface area (Å²) in [6.07, 6.45) is 5.25. The highest BCUT2D eigenvalue weighted by molar-refractivity contribution is 9.13. The van der Waals surface area contributed by atoms with Gasteiger partial charge in [-0.15, -0.1) is 22.7 Å². The number of fused-ring (bicyclic) bond motifs is 1. The molecule has 1 unspecified atom stereocenters. The minimum Gasteiger partial charge on any atom is -0.305 e. The SMILES string of the molecule is CCNC(c1cc(Br)c(Br)s1)c1cc2c(s1)CCCC2. The molecular formula is C15H17Br2NS2. The summed E-state index contributed by atoms with van der Waals surface area (Å²) < 4.78 is 2.33. The minimum absolute atomic E-state index is 0.336. The standard InChI is InChI=1S/C15H17Br2NS2/c1-2-18-14(13-8-10(16)15(17)20-13)12-7-9-5-3-4-6-11(9)19-12/h7-8,14,18H,2-6H2,1H3. The van der Waals surface area contributed by atoms with Gasteiger partial charge in [0.05, 0.1) is 9.83 Å². The zero-order valence-corrected chi connectivity index (χ0v) is 16.1. The van der Waals surface area contributed by atoms with Crippen molar-refractivity contribution in [2.24, 2.45) is 0 Å². The number of hydrogen-bond acceptors (Lipinski definition) is 3. The summed E-state index contributed by atoms with van der Waals surface area (Å²) >= 11 is 11.0. The maximum Gasteiger partial charge on any atom is 0.0843 e. The van der Waals surface area contributed by atoms with Crippen molar-refractivity contribution in [1.29, 1.82) is 0 Å². The fraction of sp³-hybridized carbons (Fsp3) is 0.467. The number of aryl methyl sites for hydroxylation is 2. The van der Waals surface area contributed by atoms with E-state index in [-0.39, 0.29) is 0 Å². The zero-order chi connectivity index (χ0) is 14.1. The van der Waals surface area contributed by atoms with Gasteiger partial charge >= 0.3 is 0 Å². The Morgan fingerprint density at radius 1 is 1.15 bits per heavy atom. The monoisotopic (exact) mass is 433 g/mol. The van der Waals surface area contributed by atoms with Gasteiger partial charge in [-0.2, -0.15) is 0 Å². The first kappa shape index (κ1) is 15.2. The summed E-state index contributed by atoms with van der Waals surface area (Å²) in [5.74, 6) is 0. The predicted octanol–water partition coefficient (Wildman–Crippen LogP) is 5.91. The van der Waals surface area contributed by atoms with E-state index in [0.717, 1.165) is 11.0 Å². The van der Waals surface area contributed by atoms with E-state index in [2.05, 4.69) is 56.2 Å². The molecule has 0 spiro atoms. The fourth-order valence-electron chi connectivity index (χ4n) is 2.71. The van der Waals surface area contributed by atoms with Crippen LogP contribution in [0.25, 0.3) is 0 Å². The van der Waals surface area contributed by atoms with Gasteiger partial charge in [0, 0.05) is 19.1 Å². The third-order valence-electron chi connectivity index (χ3n) is 3.66. The summed E-state index contributed by atoms with van der Waals surface area (Å²) in [6.45, 7) is 3.17. The largest absolute Gasteiger partial charge is 0.305 e. The van der Waals surface area contributed by atoms with Gasteiger partial charge in [0.25, 0.3) is 0 Å². The smallest absolute Gasteiger partial charge is 0.0843 e. The molecule has 0 amide bonds. The molecule has 0 saturated heterocycles. The molecule has 2 aromatic heterocycles. The second-order valence-electron chi connectivity index (χ2n) is 5.07. The number of nitrogens with one attached hydrogen (secondary N) is 1. The molecule has 0 saturated carbocycles. The highest BCUT2D eigenvalue weighted by atomic mass is 79.9. The van der Waals surface area contributed by atoms with Crippen molar-refractivity contribution in [3.63, 3.8) is 0 Å². The van der Waals surface area contributed by atoms with Crippen LogP contribution in [0.4, 0.5) is 0 Å². The summed E-state index contributed by atoms with van der Waals surface area (Å²) in [7, 11) is 0. The zero-order valence-electron chi connectivity index (χ0n) is 11.3. The normalized spacial score (nSPS) is 16.1. The molecular weight excluding hydrogens is 418 g/mol. The second-order valence-corrected chi connectivity index (χ2v) is 9.49. The molecule has 0 aliphatic heterocycles. The molecule has 1 aliphatic rings. The van der Waals surface area contributed by atoms with E-state index < -0.39 is 0 Å². The van der Waals surface area contributed by atoms with Crippen molar-refractivity contribution in [2.75, 3.05) is 6.54 Å². The summed E-state index contributed by atoms with van der Waals surface area (Å²) in [6, 6.07) is 5.01. The van der Waals surface area contributed by atoms with Crippen molar-refractivity contribution in [1.82, 2.24) is 5.32 Å². The quantitative estimate of drug-likeness (QED) is 0.630. The lowest BCUT2D eigenvalue weighted by molar-refractivity contribution is 0.647. The van der Waals surface area contributed by atoms with Gasteiger partial charge in [0.15, 0.2) is 0 Å². The van der Waals surface area contributed by atoms with Crippen LogP contribution in [0.5, 0.6) is 0 Å². The molecule has 1 atom stereocenters. The van der Waals surface area contributed by atoms with E-state index in [4.69, 9.17) is 0 Å². The van der Waals surface area contributed by atoms with Crippen LogP contribution in [0, 0.1) is 0 Å². The van der Waals surface area contributed by atoms with Crippen LogP contribution in [0.1, 0.15) is 46.0 Å². The van der Waals surface area contributed by atoms with Crippen molar-refractivity contribution in [2.45, 2.75) is 38.6 Å². The predicted molar refractivity (Wildman–Crippen MR) is 96.2 cm³/mol. The molecule has 1 N–H and O–H groups in total. The first-order valence-electron chi connectivity index (χ1n) is 6.98. The van der Waals surface area contributed by atoms with Gasteiger partial charge < -0.3 is 5.32 Å². The lowest BCUT2D eigenvalue weighted by atomic mass is 9.98. The lowest BCUT2D eigenvalue weighted by Crippen LogP contribution is -2.20. The van der Waals surface area contributed by atoms with E-state index in [1.807, 2.05) is 22.7 Å². The molecule has 5 heteroatoms. The topological polar surface area (TPSA) is 12.0 Å². The summed E-state index contributed by atoms with van der Waals surface area (Å²) in [4.78, 5) is 4.47. The average Bonchev–Trinajstić information content (AvgIpc) is 3.00. The molecule has 0 fully saturated rings. The van der Waals surface area contributed by atoms with Crippen molar-refractivity contribution >= 4 is 54.5 Å². The first-order chi connectivity index (χ1) is 9.69. The lowest BCUT2D eigenvalue weighted by Gasteiger charge is -2.14. The molecule has 2 aromatic rings. The second kappa shape index (κ2) is 6.61. The van der Waals surface area contributed by atoms with E-state index in [1.54, 1.807) is 10.4 Å². The molecule has 20 heavy (non-hydrogen) atoms. The molecule has 0 radical (unpaired) electrons. The van der Waals surface area contributed by atoms with Crippen LogP contribution < -0.4 is 5.32 Å². The Morgan fingerprint density at radius 2 is 1.90 bits per heavy atom. The Kier molecular flexibility index (Phi) is 5.03. The Labute approximate surface area is 145 Å². The maximum absolute atomic E-state index is 3.64. The third-order valence-corrected chi connectivity index (χ3v) is 8.28. The van der Waals surface area contributed by atoms with E-state index >= 15 is 0 Å². The highest BCUT2D eigenvalue weighted by Gasteiger charge is 2.22. The van der Waals surface area contributed by atoms with Crippen LogP contribution >= 0.6 is 54.5 Å². The number of halogens is 2. The van der Waals surface area contributed by atoms with Gasteiger partial charge in [-0.25, -0.2) is 0 Å². The Morgan fingerprint density at radius 3 is 2.55 bits per heavy atom. The molecule has 1 nitrogen and oxygen atoms in total. The van der Waals surface area contributed by atoms with Crippen molar-refractivity contribution in [3.05, 3.63) is 40.6 Å².